The van der Waals surface area contributed by atoms with Gasteiger partial charge in [0, 0.05) is 24.5 Å². The molecule has 1 saturated heterocycles. The van der Waals surface area contributed by atoms with Crippen LogP contribution >= 0.6 is 0 Å². The van der Waals surface area contributed by atoms with Crippen LogP contribution in [0.4, 0.5) is 5.82 Å². The Balaban J connectivity index is 1.50. The van der Waals surface area contributed by atoms with E-state index in [1.54, 1.807) is 0 Å². The fourth-order valence-corrected chi connectivity index (χ4v) is 4.99. The van der Waals surface area contributed by atoms with Crippen LogP contribution in [0.15, 0.2) is 30.3 Å². The summed E-state index contributed by atoms with van der Waals surface area (Å²) in [4.78, 5) is 6.76. The maximum absolute atomic E-state index is 12.1. The molecule has 2 fully saturated rings. The molecule has 0 unspecified atom stereocenters. The van der Waals surface area contributed by atoms with Gasteiger partial charge in [-0.15, -0.1) is 0 Å². The molecule has 7 heteroatoms. The molecule has 2 aliphatic rings. The fraction of sp³-hybridized carbons (Fsp3) is 0.444. The van der Waals surface area contributed by atoms with Gasteiger partial charge in [0.2, 0.25) is 10.0 Å². The zero-order chi connectivity index (χ0) is 17.4. The number of nitrogens with one attached hydrogen (secondary N) is 1. The zero-order valence-electron chi connectivity index (χ0n) is 13.9. The molecule has 1 aromatic carbocycles. The molecule has 1 N–H and O–H groups in total. The van der Waals surface area contributed by atoms with Gasteiger partial charge in [-0.3, -0.25) is 0 Å². The molecule has 2 aromatic rings. The van der Waals surface area contributed by atoms with Gasteiger partial charge in [-0.1, -0.05) is 18.2 Å². The summed E-state index contributed by atoms with van der Waals surface area (Å²) < 4.78 is 27.0. The number of fused-ring (bicyclic) bond motifs is 1. The normalized spacial score (nSPS) is 19.1. The number of hydrogen-bond donors (Lipinski definition) is 1. The van der Waals surface area contributed by atoms with Crippen molar-refractivity contribution in [3.05, 3.63) is 35.9 Å². The maximum Gasteiger partial charge on any atom is 0.214 e. The smallest absolute Gasteiger partial charge is 0.214 e. The topological polar surface area (TPSA) is 86.1 Å². The SMILES string of the molecule is N#Cc1cc2ccccc2nc1N1CCC(NS(=O)(=O)C2CC2)CC1. The number of nitrogens with zero attached hydrogens (tertiary/aromatic N) is 3. The van der Waals surface area contributed by atoms with Gasteiger partial charge in [-0.2, -0.15) is 5.26 Å². The van der Waals surface area contributed by atoms with Crippen molar-refractivity contribution in [2.24, 2.45) is 0 Å². The Hall–Kier alpha value is -2.17. The lowest BCUT2D eigenvalue weighted by molar-refractivity contribution is 0.458. The lowest BCUT2D eigenvalue weighted by Gasteiger charge is -2.33. The predicted octanol–water partition coefficient (Wildman–Crippen LogP) is 2.16. The van der Waals surface area contributed by atoms with E-state index in [2.05, 4.69) is 20.7 Å². The van der Waals surface area contributed by atoms with Gasteiger partial charge in [-0.25, -0.2) is 18.1 Å². The first-order valence-corrected chi connectivity index (χ1v) is 10.2. The highest BCUT2D eigenvalue weighted by Crippen LogP contribution is 2.29. The minimum Gasteiger partial charge on any atom is -0.355 e. The molecule has 0 radical (unpaired) electrons. The van der Waals surface area contributed by atoms with E-state index in [1.807, 2.05) is 30.3 Å². The number of anilines is 1. The second-order valence-corrected chi connectivity index (χ2v) is 8.78. The van der Waals surface area contributed by atoms with Gasteiger partial charge in [0.15, 0.2) is 0 Å². The van der Waals surface area contributed by atoms with Gasteiger partial charge < -0.3 is 4.90 Å². The van der Waals surface area contributed by atoms with Crippen LogP contribution in [0, 0.1) is 11.3 Å². The van der Waals surface area contributed by atoms with Crippen molar-refractivity contribution in [3.8, 4) is 6.07 Å². The molecule has 1 aliphatic heterocycles. The number of piperidine rings is 1. The summed E-state index contributed by atoms with van der Waals surface area (Å²) in [7, 11) is -3.15. The third-order valence-corrected chi connectivity index (χ3v) is 6.92. The average molecular weight is 356 g/mol. The van der Waals surface area contributed by atoms with Crippen molar-refractivity contribution in [2.45, 2.75) is 37.0 Å². The number of para-hydroxylation sites is 1. The summed E-state index contributed by atoms with van der Waals surface area (Å²) >= 11 is 0. The van der Waals surface area contributed by atoms with Crippen LogP contribution in [-0.4, -0.2) is 37.8 Å². The van der Waals surface area contributed by atoms with Crippen molar-refractivity contribution < 1.29 is 8.42 Å². The first-order valence-electron chi connectivity index (χ1n) is 8.63. The van der Waals surface area contributed by atoms with Crippen molar-refractivity contribution in [3.63, 3.8) is 0 Å². The lowest BCUT2D eigenvalue weighted by Crippen LogP contribution is -2.45. The number of rotatable bonds is 4. The third-order valence-electron chi connectivity index (χ3n) is 4.91. The Morgan fingerprint density at radius 3 is 2.56 bits per heavy atom. The van der Waals surface area contributed by atoms with Crippen LogP contribution in [0.25, 0.3) is 10.9 Å². The Bertz CT molecular complexity index is 939. The molecule has 130 valence electrons. The number of sulfonamides is 1. The van der Waals surface area contributed by atoms with Gasteiger partial charge in [-0.05, 0) is 37.8 Å². The van der Waals surface area contributed by atoms with Crippen molar-refractivity contribution >= 4 is 26.7 Å². The first kappa shape index (κ1) is 16.3. The molecule has 0 bridgehead atoms. The van der Waals surface area contributed by atoms with Gasteiger partial charge >= 0.3 is 0 Å². The summed E-state index contributed by atoms with van der Waals surface area (Å²) in [6.45, 7) is 1.38. The minimum absolute atomic E-state index is 0.0205. The molecule has 1 aliphatic carbocycles. The monoisotopic (exact) mass is 356 g/mol. The number of hydrogen-bond acceptors (Lipinski definition) is 5. The molecule has 0 spiro atoms. The highest BCUT2D eigenvalue weighted by atomic mass is 32.2. The fourth-order valence-electron chi connectivity index (χ4n) is 3.35. The standard InChI is InChI=1S/C18H20N4O2S/c19-12-14-11-13-3-1-2-4-17(13)20-18(14)22-9-7-15(8-10-22)21-25(23,24)16-5-6-16/h1-4,11,15-16,21H,5-10H2. The molecular weight excluding hydrogens is 336 g/mol. The minimum atomic E-state index is -3.15. The van der Waals surface area contributed by atoms with Crippen molar-refractivity contribution in [1.29, 1.82) is 5.26 Å². The van der Waals surface area contributed by atoms with Gasteiger partial charge in [0.25, 0.3) is 0 Å². The maximum atomic E-state index is 12.1. The van der Waals surface area contributed by atoms with Crippen LogP contribution in [0.3, 0.4) is 0 Å². The number of nitriles is 1. The molecule has 0 atom stereocenters. The Morgan fingerprint density at radius 2 is 1.88 bits per heavy atom. The van der Waals surface area contributed by atoms with E-state index in [0.29, 0.717) is 24.5 Å². The van der Waals surface area contributed by atoms with Crippen LogP contribution in [0.5, 0.6) is 0 Å². The second-order valence-electron chi connectivity index (χ2n) is 6.79. The zero-order valence-corrected chi connectivity index (χ0v) is 14.7. The average Bonchev–Trinajstić information content (AvgIpc) is 3.47. The first-order chi connectivity index (χ1) is 12.1. The summed E-state index contributed by atoms with van der Waals surface area (Å²) in [5, 5.41) is 10.2. The quantitative estimate of drug-likeness (QED) is 0.907. The summed E-state index contributed by atoms with van der Waals surface area (Å²) in [6, 6.07) is 11.9. The Kier molecular flexibility index (Phi) is 4.10. The summed E-state index contributed by atoms with van der Waals surface area (Å²) in [5.41, 5.74) is 1.43. The molecule has 0 amide bonds. The van der Waals surface area contributed by atoms with Crippen LogP contribution in [-0.2, 0) is 10.0 Å². The van der Waals surface area contributed by atoms with Crippen LogP contribution in [0.1, 0.15) is 31.2 Å². The molecule has 1 saturated carbocycles. The number of benzene rings is 1. The number of pyridine rings is 1. The van der Waals surface area contributed by atoms with E-state index < -0.39 is 10.0 Å². The summed E-state index contributed by atoms with van der Waals surface area (Å²) in [6.07, 6.45) is 3.01. The summed E-state index contributed by atoms with van der Waals surface area (Å²) in [5.74, 6) is 0.699. The van der Waals surface area contributed by atoms with Gasteiger partial charge in [0.1, 0.15) is 11.9 Å². The van der Waals surface area contributed by atoms with E-state index in [9.17, 15) is 13.7 Å². The molecule has 4 rings (SSSR count). The van der Waals surface area contributed by atoms with E-state index in [-0.39, 0.29) is 11.3 Å². The third kappa shape index (κ3) is 3.32. The van der Waals surface area contributed by atoms with Crippen LogP contribution < -0.4 is 9.62 Å². The number of aromatic nitrogens is 1. The van der Waals surface area contributed by atoms with Crippen LogP contribution in [0.2, 0.25) is 0 Å². The van der Waals surface area contributed by atoms with E-state index >= 15 is 0 Å². The van der Waals surface area contributed by atoms with Crippen molar-refractivity contribution in [2.75, 3.05) is 18.0 Å². The second kappa shape index (κ2) is 6.28. The molecule has 1 aromatic heterocycles. The molecule has 25 heavy (non-hydrogen) atoms. The van der Waals surface area contributed by atoms with Crippen molar-refractivity contribution in [1.82, 2.24) is 9.71 Å². The van der Waals surface area contributed by atoms with E-state index in [0.717, 1.165) is 36.6 Å². The molecule has 2 heterocycles. The van der Waals surface area contributed by atoms with E-state index in [1.165, 1.54) is 0 Å². The van der Waals surface area contributed by atoms with Gasteiger partial charge in [0.05, 0.1) is 16.3 Å². The highest BCUT2D eigenvalue weighted by molar-refractivity contribution is 7.90. The lowest BCUT2D eigenvalue weighted by atomic mass is 10.0. The Morgan fingerprint density at radius 1 is 1.16 bits per heavy atom. The molecular formula is C18H20N4O2S. The Labute approximate surface area is 147 Å². The highest BCUT2D eigenvalue weighted by Gasteiger charge is 2.37. The predicted molar refractivity (Wildman–Crippen MR) is 96.8 cm³/mol. The molecule has 6 nitrogen and oxygen atoms in total. The largest absolute Gasteiger partial charge is 0.355 e. The van der Waals surface area contributed by atoms with E-state index in [4.69, 9.17) is 0 Å².